The molecule has 0 spiro atoms. The summed E-state index contributed by atoms with van der Waals surface area (Å²) in [5, 5.41) is 2.83. The van der Waals surface area contributed by atoms with Crippen molar-refractivity contribution >= 4 is 15.9 Å². The van der Waals surface area contributed by atoms with Crippen molar-refractivity contribution in [3.8, 4) is 0 Å². The van der Waals surface area contributed by atoms with Crippen LogP contribution in [0.15, 0.2) is 59.5 Å². The molecule has 0 heterocycles. The van der Waals surface area contributed by atoms with Crippen molar-refractivity contribution in [1.82, 2.24) is 9.62 Å². The number of carbonyl (C=O) groups is 1. The van der Waals surface area contributed by atoms with Crippen molar-refractivity contribution in [2.24, 2.45) is 5.41 Å². The third-order valence-electron chi connectivity index (χ3n) is 4.00. The highest BCUT2D eigenvalue weighted by Crippen LogP contribution is 2.19. The number of amides is 1. The average molecular weight is 389 g/mol. The van der Waals surface area contributed by atoms with Crippen molar-refractivity contribution in [2.45, 2.75) is 39.1 Å². The zero-order valence-electron chi connectivity index (χ0n) is 16.4. The molecule has 27 heavy (non-hydrogen) atoms. The molecule has 146 valence electrons. The number of carbonyl (C=O) groups excluding carboxylic acids is 1. The molecule has 0 bridgehead atoms. The molecule has 1 amide bonds. The van der Waals surface area contributed by atoms with E-state index < -0.39 is 10.0 Å². The van der Waals surface area contributed by atoms with E-state index in [-0.39, 0.29) is 29.3 Å². The van der Waals surface area contributed by atoms with E-state index in [9.17, 15) is 13.2 Å². The van der Waals surface area contributed by atoms with E-state index in [1.807, 2.05) is 58.0 Å². The molecule has 0 aliphatic rings. The quantitative estimate of drug-likeness (QED) is 0.791. The summed E-state index contributed by atoms with van der Waals surface area (Å²) in [6.45, 7) is 8.34. The van der Waals surface area contributed by atoms with Gasteiger partial charge in [-0.1, -0.05) is 68.8 Å². The monoisotopic (exact) mass is 388 g/mol. The first-order chi connectivity index (χ1) is 12.6. The van der Waals surface area contributed by atoms with Crippen molar-refractivity contribution in [2.75, 3.05) is 13.1 Å². The van der Waals surface area contributed by atoms with Gasteiger partial charge in [0.15, 0.2) is 0 Å². The van der Waals surface area contributed by atoms with E-state index in [1.54, 1.807) is 24.3 Å². The van der Waals surface area contributed by atoms with Crippen LogP contribution in [0, 0.1) is 12.3 Å². The molecule has 0 saturated carbocycles. The maximum absolute atomic E-state index is 13.1. The largest absolute Gasteiger partial charge is 0.354 e. The fourth-order valence-corrected chi connectivity index (χ4v) is 3.84. The summed E-state index contributed by atoms with van der Waals surface area (Å²) >= 11 is 0. The summed E-state index contributed by atoms with van der Waals surface area (Å²) < 4.78 is 27.5. The fraction of sp³-hybridized carbons (Fsp3) is 0.381. The Kier molecular flexibility index (Phi) is 6.78. The molecule has 0 unspecified atom stereocenters. The number of sulfonamides is 1. The van der Waals surface area contributed by atoms with Gasteiger partial charge in [-0.15, -0.1) is 0 Å². The number of benzene rings is 2. The number of hydrogen-bond acceptors (Lipinski definition) is 3. The lowest BCUT2D eigenvalue weighted by atomic mass is 9.97. The zero-order valence-corrected chi connectivity index (χ0v) is 17.2. The molecule has 0 radical (unpaired) electrons. The first-order valence-corrected chi connectivity index (χ1v) is 10.4. The van der Waals surface area contributed by atoms with Crippen LogP contribution in [0.3, 0.4) is 0 Å². The van der Waals surface area contributed by atoms with Crippen LogP contribution in [0.5, 0.6) is 0 Å². The second kappa shape index (κ2) is 8.67. The highest BCUT2D eigenvalue weighted by atomic mass is 32.2. The number of hydrogen-bond donors (Lipinski definition) is 1. The van der Waals surface area contributed by atoms with Gasteiger partial charge in [-0.05, 0) is 30.0 Å². The molecule has 0 aliphatic carbocycles. The van der Waals surface area contributed by atoms with Gasteiger partial charge in [0.05, 0.1) is 11.4 Å². The maximum Gasteiger partial charge on any atom is 0.243 e. The van der Waals surface area contributed by atoms with Gasteiger partial charge < -0.3 is 5.32 Å². The van der Waals surface area contributed by atoms with E-state index in [4.69, 9.17) is 0 Å². The minimum absolute atomic E-state index is 0.0737. The summed E-state index contributed by atoms with van der Waals surface area (Å²) in [5.41, 5.74) is 1.73. The standard InChI is InChI=1S/C21H28N2O3S/c1-17-10-12-19(13-11-17)27(25,26)23(14-18-8-6-5-7-9-18)15-20(24)22-16-21(2,3)4/h5-13H,14-16H2,1-4H3,(H,22,24). The van der Waals surface area contributed by atoms with Gasteiger partial charge in [-0.25, -0.2) is 8.42 Å². The Morgan fingerprint density at radius 1 is 1.00 bits per heavy atom. The maximum atomic E-state index is 13.1. The molecule has 6 heteroatoms. The normalized spacial score (nSPS) is 12.2. The first kappa shape index (κ1) is 21.1. The first-order valence-electron chi connectivity index (χ1n) is 8.95. The summed E-state index contributed by atoms with van der Waals surface area (Å²) in [4.78, 5) is 12.6. The Labute approximate surface area is 162 Å². The number of nitrogens with one attached hydrogen (secondary N) is 1. The van der Waals surface area contributed by atoms with Crippen LogP contribution in [-0.2, 0) is 21.4 Å². The predicted octanol–water partition coefficient (Wildman–Crippen LogP) is 3.35. The molecule has 2 aromatic carbocycles. The van der Waals surface area contributed by atoms with E-state index in [0.29, 0.717) is 6.54 Å². The van der Waals surface area contributed by atoms with Gasteiger partial charge in [-0.3, -0.25) is 4.79 Å². The van der Waals surface area contributed by atoms with Crippen LogP contribution in [0.25, 0.3) is 0 Å². The molecular formula is C21H28N2O3S. The van der Waals surface area contributed by atoms with Gasteiger partial charge >= 0.3 is 0 Å². The van der Waals surface area contributed by atoms with Crippen LogP contribution in [0.2, 0.25) is 0 Å². The Bertz CT molecular complexity index is 855. The van der Waals surface area contributed by atoms with Crippen LogP contribution >= 0.6 is 0 Å². The average Bonchev–Trinajstić information content (AvgIpc) is 2.60. The van der Waals surface area contributed by atoms with E-state index in [1.165, 1.54) is 4.31 Å². The van der Waals surface area contributed by atoms with E-state index >= 15 is 0 Å². The van der Waals surface area contributed by atoms with Gasteiger partial charge in [0, 0.05) is 13.1 Å². The van der Waals surface area contributed by atoms with E-state index in [0.717, 1.165) is 11.1 Å². The van der Waals surface area contributed by atoms with Gasteiger partial charge in [0.2, 0.25) is 15.9 Å². The lowest BCUT2D eigenvalue weighted by Crippen LogP contribution is -2.42. The SMILES string of the molecule is Cc1ccc(S(=O)(=O)N(CC(=O)NCC(C)(C)C)Cc2ccccc2)cc1. The Balaban J connectivity index is 2.26. The fourth-order valence-electron chi connectivity index (χ4n) is 2.45. The summed E-state index contributed by atoms with van der Waals surface area (Å²) in [5.74, 6) is -0.309. The summed E-state index contributed by atoms with van der Waals surface area (Å²) in [6, 6.07) is 16.0. The Hall–Kier alpha value is -2.18. The number of rotatable bonds is 7. The third-order valence-corrected chi connectivity index (χ3v) is 5.80. The summed E-state index contributed by atoms with van der Waals surface area (Å²) in [7, 11) is -3.79. The molecular weight excluding hydrogens is 360 g/mol. The molecule has 0 aromatic heterocycles. The van der Waals surface area contributed by atoms with Crippen LogP contribution in [0.1, 0.15) is 31.9 Å². The van der Waals surface area contributed by atoms with Crippen LogP contribution in [0.4, 0.5) is 0 Å². The highest BCUT2D eigenvalue weighted by Gasteiger charge is 2.27. The Morgan fingerprint density at radius 2 is 1.59 bits per heavy atom. The van der Waals surface area contributed by atoms with Crippen LogP contribution < -0.4 is 5.32 Å². The molecule has 5 nitrogen and oxygen atoms in total. The lowest BCUT2D eigenvalue weighted by Gasteiger charge is -2.24. The second-order valence-corrected chi connectivity index (χ2v) is 9.85. The van der Waals surface area contributed by atoms with Gasteiger partial charge in [0.1, 0.15) is 0 Å². The van der Waals surface area contributed by atoms with Crippen LogP contribution in [-0.4, -0.2) is 31.7 Å². The molecule has 0 atom stereocenters. The highest BCUT2D eigenvalue weighted by molar-refractivity contribution is 7.89. The van der Waals surface area contributed by atoms with E-state index in [2.05, 4.69) is 5.32 Å². The number of aryl methyl sites for hydroxylation is 1. The third kappa shape index (κ3) is 6.48. The molecule has 2 aromatic rings. The smallest absolute Gasteiger partial charge is 0.243 e. The summed E-state index contributed by atoms with van der Waals surface area (Å²) in [6.07, 6.45) is 0. The zero-order chi connectivity index (χ0) is 20.1. The van der Waals surface area contributed by atoms with Crippen molar-refractivity contribution in [1.29, 1.82) is 0 Å². The topological polar surface area (TPSA) is 66.5 Å². The lowest BCUT2D eigenvalue weighted by molar-refractivity contribution is -0.121. The molecule has 2 rings (SSSR count). The Morgan fingerprint density at radius 3 is 2.15 bits per heavy atom. The predicted molar refractivity (Wildman–Crippen MR) is 108 cm³/mol. The number of nitrogens with zero attached hydrogens (tertiary/aromatic N) is 1. The van der Waals surface area contributed by atoms with Gasteiger partial charge in [0.25, 0.3) is 0 Å². The molecule has 0 fully saturated rings. The molecule has 1 N–H and O–H groups in total. The second-order valence-electron chi connectivity index (χ2n) is 7.91. The minimum atomic E-state index is -3.79. The van der Waals surface area contributed by atoms with Crippen molar-refractivity contribution < 1.29 is 13.2 Å². The van der Waals surface area contributed by atoms with Crippen molar-refractivity contribution in [3.63, 3.8) is 0 Å². The minimum Gasteiger partial charge on any atom is -0.354 e. The van der Waals surface area contributed by atoms with Gasteiger partial charge in [-0.2, -0.15) is 4.31 Å². The molecule has 0 aliphatic heterocycles. The van der Waals surface area contributed by atoms with Crippen molar-refractivity contribution in [3.05, 3.63) is 65.7 Å². The molecule has 0 saturated heterocycles.